The van der Waals surface area contributed by atoms with Gasteiger partial charge < -0.3 is 47.4 Å². The van der Waals surface area contributed by atoms with E-state index in [9.17, 15) is 0 Å². The Balaban J connectivity index is 1.55. The van der Waals surface area contributed by atoms with Crippen LogP contribution in [0.2, 0.25) is 0 Å². The lowest BCUT2D eigenvalue weighted by Crippen LogP contribution is -2.67. The summed E-state index contributed by atoms with van der Waals surface area (Å²) in [5, 5.41) is 0. The van der Waals surface area contributed by atoms with Gasteiger partial charge in [-0.1, -0.05) is 60.7 Å². The van der Waals surface area contributed by atoms with Crippen LogP contribution in [0.1, 0.15) is 11.1 Å². The van der Waals surface area contributed by atoms with Crippen molar-refractivity contribution in [2.24, 2.45) is 0 Å². The number of fused-ring (bicyclic) bond motifs is 1. The summed E-state index contributed by atoms with van der Waals surface area (Å²) in [6, 6.07) is 20.1. The molecule has 10 heteroatoms. The van der Waals surface area contributed by atoms with Crippen molar-refractivity contribution in [3.05, 3.63) is 71.8 Å². The Morgan fingerprint density at radius 3 is 1.14 bits per heavy atom. The van der Waals surface area contributed by atoms with Crippen molar-refractivity contribution in [1.82, 2.24) is 0 Å². The standard InChI is InChI=1S/C32H46O10/c1-33-27-29-30(40-22-20-38-18-16-36-14-13-35-15-17-37-19-21-39-29)28(34-2)32(42-24-26-11-7-4-8-12-26)31(27)41-23-25-9-5-3-6-10-25/h3-12,27-32H,13-24H2,1-2H3/t27-,28-,29-,30+,31+,32+/m0/s1. The molecule has 10 nitrogen and oxygen atoms in total. The first-order valence-electron chi connectivity index (χ1n) is 14.7. The number of rotatable bonds is 8. The molecule has 4 rings (SSSR count). The van der Waals surface area contributed by atoms with Gasteiger partial charge in [0.15, 0.2) is 0 Å². The minimum atomic E-state index is -0.514. The predicted molar refractivity (Wildman–Crippen MR) is 154 cm³/mol. The molecule has 0 spiro atoms. The lowest BCUT2D eigenvalue weighted by Gasteiger charge is -2.49. The third-order valence-corrected chi connectivity index (χ3v) is 7.25. The predicted octanol–water partition coefficient (Wildman–Crippen LogP) is 3.05. The number of ether oxygens (including phenoxy) is 10. The van der Waals surface area contributed by atoms with Crippen LogP contribution < -0.4 is 0 Å². The van der Waals surface area contributed by atoms with Crippen LogP contribution in [0.3, 0.4) is 0 Å². The molecule has 6 atom stereocenters. The SMILES string of the molecule is CO[C@@H]1[C@@H](OCc2ccccc2)[C@H](OCc2ccccc2)[C@@H](OC)[C@@H]2OCCOCCOCCOCCOCCO[C@H]12. The molecule has 2 fully saturated rings. The van der Waals surface area contributed by atoms with Crippen molar-refractivity contribution in [1.29, 1.82) is 0 Å². The molecule has 1 saturated heterocycles. The molecule has 0 N–H and O–H groups in total. The second-order valence-electron chi connectivity index (χ2n) is 10.0. The Labute approximate surface area is 249 Å². The molecule has 1 heterocycles. The summed E-state index contributed by atoms with van der Waals surface area (Å²) in [6.07, 6.45) is -3.05. The number of methoxy groups -OCH3 is 2. The van der Waals surface area contributed by atoms with Crippen LogP contribution in [-0.2, 0) is 60.6 Å². The Morgan fingerprint density at radius 2 is 0.810 bits per heavy atom. The zero-order chi connectivity index (χ0) is 29.2. The summed E-state index contributed by atoms with van der Waals surface area (Å²) >= 11 is 0. The second-order valence-corrected chi connectivity index (χ2v) is 10.0. The third-order valence-electron chi connectivity index (χ3n) is 7.25. The van der Waals surface area contributed by atoms with E-state index in [4.69, 9.17) is 47.4 Å². The lowest BCUT2D eigenvalue weighted by molar-refractivity contribution is -0.280. The van der Waals surface area contributed by atoms with Crippen molar-refractivity contribution in [2.45, 2.75) is 49.8 Å². The maximum atomic E-state index is 6.57. The molecule has 234 valence electrons. The van der Waals surface area contributed by atoms with Crippen LogP contribution in [0.5, 0.6) is 0 Å². The normalized spacial score (nSPS) is 29.2. The summed E-state index contributed by atoms with van der Waals surface area (Å²) < 4.78 is 60.8. The fourth-order valence-corrected chi connectivity index (χ4v) is 5.20. The average molecular weight is 591 g/mol. The molecule has 1 aliphatic heterocycles. The highest BCUT2D eigenvalue weighted by atomic mass is 16.6. The number of hydrogen-bond acceptors (Lipinski definition) is 10. The van der Waals surface area contributed by atoms with Gasteiger partial charge in [-0.05, 0) is 11.1 Å². The lowest BCUT2D eigenvalue weighted by atomic mass is 9.83. The quantitative estimate of drug-likeness (QED) is 0.457. The van der Waals surface area contributed by atoms with Crippen molar-refractivity contribution in [3.8, 4) is 0 Å². The Morgan fingerprint density at radius 1 is 0.476 bits per heavy atom. The Bertz CT molecular complexity index is 871. The first-order valence-corrected chi connectivity index (χ1v) is 14.7. The van der Waals surface area contributed by atoms with Crippen molar-refractivity contribution in [3.63, 3.8) is 0 Å². The number of benzene rings is 2. The summed E-state index contributed by atoms with van der Waals surface area (Å²) in [7, 11) is 3.32. The van der Waals surface area contributed by atoms with E-state index in [1.54, 1.807) is 14.2 Å². The molecule has 42 heavy (non-hydrogen) atoms. The highest BCUT2D eigenvalue weighted by Gasteiger charge is 2.54. The van der Waals surface area contributed by atoms with Crippen LogP contribution in [-0.4, -0.2) is 117 Å². The van der Waals surface area contributed by atoms with Gasteiger partial charge in [0.25, 0.3) is 0 Å². The van der Waals surface area contributed by atoms with Gasteiger partial charge in [0.1, 0.15) is 36.6 Å². The van der Waals surface area contributed by atoms with E-state index in [0.29, 0.717) is 79.3 Å². The van der Waals surface area contributed by atoms with Crippen molar-refractivity contribution in [2.75, 3.05) is 80.3 Å². The molecular formula is C32H46O10. The molecule has 2 aliphatic rings. The zero-order valence-corrected chi connectivity index (χ0v) is 24.8. The molecule has 1 aliphatic carbocycles. The van der Waals surface area contributed by atoms with Gasteiger partial charge >= 0.3 is 0 Å². The van der Waals surface area contributed by atoms with Gasteiger partial charge in [0.2, 0.25) is 0 Å². The van der Waals surface area contributed by atoms with E-state index >= 15 is 0 Å². The molecule has 2 aromatic carbocycles. The van der Waals surface area contributed by atoms with Crippen LogP contribution in [0.15, 0.2) is 60.7 Å². The van der Waals surface area contributed by atoms with E-state index in [1.165, 1.54) is 0 Å². The average Bonchev–Trinajstić information content (AvgIpc) is 3.03. The molecular weight excluding hydrogens is 544 g/mol. The monoisotopic (exact) mass is 590 g/mol. The molecule has 0 unspecified atom stereocenters. The van der Waals surface area contributed by atoms with Crippen molar-refractivity contribution >= 4 is 0 Å². The highest BCUT2D eigenvalue weighted by Crippen LogP contribution is 2.34. The van der Waals surface area contributed by atoms with Gasteiger partial charge in [0, 0.05) is 14.2 Å². The highest BCUT2D eigenvalue weighted by molar-refractivity contribution is 5.15. The largest absolute Gasteiger partial charge is 0.377 e. The summed E-state index contributed by atoms with van der Waals surface area (Å²) in [5.41, 5.74) is 2.09. The van der Waals surface area contributed by atoms with Gasteiger partial charge in [-0.3, -0.25) is 0 Å². The van der Waals surface area contributed by atoms with Crippen molar-refractivity contribution < 1.29 is 47.4 Å². The van der Waals surface area contributed by atoms with Gasteiger partial charge in [0.05, 0.1) is 79.3 Å². The van der Waals surface area contributed by atoms with E-state index < -0.39 is 36.6 Å². The maximum Gasteiger partial charge on any atom is 0.115 e. The van der Waals surface area contributed by atoms with E-state index in [2.05, 4.69) is 0 Å². The van der Waals surface area contributed by atoms with Crippen LogP contribution in [0, 0.1) is 0 Å². The first kappa shape index (κ1) is 32.9. The molecule has 0 aromatic heterocycles. The fraction of sp³-hybridized carbons (Fsp3) is 0.625. The van der Waals surface area contributed by atoms with Gasteiger partial charge in [-0.25, -0.2) is 0 Å². The molecule has 0 radical (unpaired) electrons. The van der Waals surface area contributed by atoms with Crippen LogP contribution in [0.25, 0.3) is 0 Å². The van der Waals surface area contributed by atoms with E-state index in [0.717, 1.165) is 11.1 Å². The summed E-state index contributed by atoms with van der Waals surface area (Å²) in [5.74, 6) is 0. The first-order chi connectivity index (χ1) is 20.8. The molecule has 0 bridgehead atoms. The molecule has 2 aromatic rings. The topological polar surface area (TPSA) is 92.3 Å². The molecule has 1 saturated carbocycles. The maximum absolute atomic E-state index is 6.57. The zero-order valence-electron chi connectivity index (χ0n) is 24.8. The fourth-order valence-electron chi connectivity index (χ4n) is 5.20. The summed E-state index contributed by atoms with van der Waals surface area (Å²) in [4.78, 5) is 0. The van der Waals surface area contributed by atoms with Crippen LogP contribution >= 0.6 is 0 Å². The summed E-state index contributed by atoms with van der Waals surface area (Å²) in [6.45, 7) is 5.13. The minimum Gasteiger partial charge on any atom is -0.377 e. The van der Waals surface area contributed by atoms with Gasteiger partial charge in [-0.2, -0.15) is 0 Å². The third kappa shape index (κ3) is 10.3. The van der Waals surface area contributed by atoms with E-state index in [-0.39, 0.29) is 0 Å². The van der Waals surface area contributed by atoms with Gasteiger partial charge in [-0.15, -0.1) is 0 Å². The second kappa shape index (κ2) is 19.3. The Kier molecular flexibility index (Phi) is 15.2. The minimum absolute atomic E-state index is 0.335. The number of hydrogen-bond donors (Lipinski definition) is 0. The van der Waals surface area contributed by atoms with Crippen LogP contribution in [0.4, 0.5) is 0 Å². The molecule has 0 amide bonds. The Hall–Kier alpha value is -1.96. The smallest absolute Gasteiger partial charge is 0.115 e. The van der Waals surface area contributed by atoms with E-state index in [1.807, 2.05) is 60.7 Å².